The zero-order valence-electron chi connectivity index (χ0n) is 9.43. The smallest absolute Gasteiger partial charge is 0.0923 e. The number of ether oxygens (including phenoxy) is 2. The average Bonchev–Trinajstić information content (AvgIpc) is 2.71. The first kappa shape index (κ1) is 11.1. The number of aromatic nitrogens is 2. The molecule has 86 valence electrons. The summed E-state index contributed by atoms with van der Waals surface area (Å²) in [4.78, 5) is 0. The summed E-state index contributed by atoms with van der Waals surface area (Å²) in [5.41, 5.74) is 1.03. The van der Waals surface area contributed by atoms with Crippen molar-refractivity contribution >= 4 is 10.9 Å². The highest BCUT2D eigenvalue weighted by molar-refractivity contribution is 5.77. The van der Waals surface area contributed by atoms with Crippen LogP contribution in [0.5, 0.6) is 0 Å². The normalized spacial score (nSPS) is 11.1. The SMILES string of the molecule is COCCOCCn1cc2ccccc2n1. The van der Waals surface area contributed by atoms with Gasteiger partial charge in [0.1, 0.15) is 0 Å². The highest BCUT2D eigenvalue weighted by Gasteiger charge is 1.98. The van der Waals surface area contributed by atoms with Gasteiger partial charge >= 0.3 is 0 Å². The number of hydrogen-bond acceptors (Lipinski definition) is 3. The van der Waals surface area contributed by atoms with Crippen molar-refractivity contribution in [3.63, 3.8) is 0 Å². The summed E-state index contributed by atoms with van der Waals surface area (Å²) in [6, 6.07) is 8.08. The van der Waals surface area contributed by atoms with E-state index >= 15 is 0 Å². The monoisotopic (exact) mass is 220 g/mol. The Balaban J connectivity index is 1.85. The molecule has 0 atom stereocenters. The first-order valence-corrected chi connectivity index (χ1v) is 5.39. The Bertz CT molecular complexity index is 406. The summed E-state index contributed by atoms with van der Waals surface area (Å²) in [6.45, 7) is 2.72. The van der Waals surface area contributed by atoms with Gasteiger partial charge in [-0.2, -0.15) is 5.10 Å². The van der Waals surface area contributed by atoms with E-state index in [2.05, 4.69) is 11.2 Å². The standard InChI is InChI=1S/C12H16N2O2/c1-15-8-9-16-7-6-14-10-11-4-2-3-5-12(11)13-14/h2-5,10H,6-9H2,1H3. The van der Waals surface area contributed by atoms with Crippen molar-refractivity contribution in [2.75, 3.05) is 26.9 Å². The molecule has 0 aliphatic rings. The van der Waals surface area contributed by atoms with Crippen molar-refractivity contribution in [1.82, 2.24) is 9.78 Å². The first-order chi connectivity index (χ1) is 7.90. The van der Waals surface area contributed by atoms with Gasteiger partial charge in [0.25, 0.3) is 0 Å². The average molecular weight is 220 g/mol. The van der Waals surface area contributed by atoms with Crippen molar-refractivity contribution in [3.05, 3.63) is 30.5 Å². The molecule has 0 aliphatic heterocycles. The second-order valence-corrected chi connectivity index (χ2v) is 3.56. The van der Waals surface area contributed by atoms with Crippen molar-refractivity contribution in [2.24, 2.45) is 0 Å². The third-order valence-corrected chi connectivity index (χ3v) is 2.36. The lowest BCUT2D eigenvalue weighted by molar-refractivity contribution is 0.0655. The minimum absolute atomic E-state index is 0.636. The molecule has 16 heavy (non-hydrogen) atoms. The Labute approximate surface area is 94.8 Å². The van der Waals surface area contributed by atoms with E-state index in [9.17, 15) is 0 Å². The van der Waals surface area contributed by atoms with E-state index in [0.29, 0.717) is 19.8 Å². The van der Waals surface area contributed by atoms with E-state index in [4.69, 9.17) is 9.47 Å². The molecule has 0 fully saturated rings. The summed E-state index contributed by atoms with van der Waals surface area (Å²) >= 11 is 0. The van der Waals surface area contributed by atoms with E-state index in [1.807, 2.05) is 29.1 Å². The maximum Gasteiger partial charge on any atom is 0.0923 e. The van der Waals surface area contributed by atoms with Crippen LogP contribution in [-0.2, 0) is 16.0 Å². The molecule has 1 aromatic heterocycles. The third-order valence-electron chi connectivity index (χ3n) is 2.36. The minimum atomic E-state index is 0.636. The molecule has 0 unspecified atom stereocenters. The molecule has 0 N–H and O–H groups in total. The van der Waals surface area contributed by atoms with Gasteiger partial charge in [0, 0.05) is 18.7 Å². The maximum absolute atomic E-state index is 5.39. The van der Waals surface area contributed by atoms with Crippen LogP contribution in [0.25, 0.3) is 10.9 Å². The lowest BCUT2D eigenvalue weighted by Crippen LogP contribution is -2.09. The number of nitrogens with zero attached hydrogens (tertiary/aromatic N) is 2. The predicted octanol–water partition coefficient (Wildman–Crippen LogP) is 1.70. The van der Waals surface area contributed by atoms with Gasteiger partial charge in [-0.05, 0) is 6.07 Å². The molecule has 0 saturated carbocycles. The van der Waals surface area contributed by atoms with Crippen LogP contribution in [0.3, 0.4) is 0 Å². The molecular formula is C12H16N2O2. The van der Waals surface area contributed by atoms with E-state index < -0.39 is 0 Å². The van der Waals surface area contributed by atoms with E-state index in [1.54, 1.807) is 7.11 Å². The van der Waals surface area contributed by atoms with Gasteiger partial charge in [0.15, 0.2) is 0 Å². The molecule has 0 saturated heterocycles. The van der Waals surface area contributed by atoms with E-state index in [-0.39, 0.29) is 0 Å². The van der Waals surface area contributed by atoms with Crippen LogP contribution in [0.2, 0.25) is 0 Å². The zero-order chi connectivity index (χ0) is 11.2. The zero-order valence-corrected chi connectivity index (χ0v) is 9.43. The first-order valence-electron chi connectivity index (χ1n) is 5.39. The Morgan fingerprint density at radius 1 is 1.19 bits per heavy atom. The highest BCUT2D eigenvalue weighted by atomic mass is 16.5. The number of rotatable bonds is 6. The second-order valence-electron chi connectivity index (χ2n) is 3.56. The number of methoxy groups -OCH3 is 1. The Hall–Kier alpha value is -1.39. The molecule has 0 spiro atoms. The second kappa shape index (κ2) is 5.63. The summed E-state index contributed by atoms with van der Waals surface area (Å²) in [5, 5.41) is 5.60. The van der Waals surface area contributed by atoms with E-state index in [1.165, 1.54) is 5.39 Å². The van der Waals surface area contributed by atoms with Gasteiger partial charge < -0.3 is 9.47 Å². The largest absolute Gasteiger partial charge is 0.382 e. The van der Waals surface area contributed by atoms with Crippen LogP contribution < -0.4 is 0 Å². The van der Waals surface area contributed by atoms with Crippen LogP contribution in [0, 0.1) is 0 Å². The molecule has 1 heterocycles. The Kier molecular flexibility index (Phi) is 3.91. The molecule has 0 aliphatic carbocycles. The number of hydrogen-bond donors (Lipinski definition) is 0. The molecule has 0 radical (unpaired) electrons. The molecule has 2 rings (SSSR count). The van der Waals surface area contributed by atoms with Crippen LogP contribution in [0.4, 0.5) is 0 Å². The fraction of sp³-hybridized carbons (Fsp3) is 0.417. The van der Waals surface area contributed by atoms with Gasteiger partial charge in [-0.15, -0.1) is 0 Å². The lowest BCUT2D eigenvalue weighted by Gasteiger charge is -2.03. The Morgan fingerprint density at radius 2 is 2.06 bits per heavy atom. The van der Waals surface area contributed by atoms with Gasteiger partial charge in [-0.1, -0.05) is 18.2 Å². The minimum Gasteiger partial charge on any atom is -0.382 e. The quantitative estimate of drug-likeness (QED) is 0.695. The number of fused-ring (bicyclic) bond motifs is 1. The van der Waals surface area contributed by atoms with Crippen molar-refractivity contribution in [2.45, 2.75) is 6.54 Å². The molecule has 4 nitrogen and oxygen atoms in total. The maximum atomic E-state index is 5.39. The topological polar surface area (TPSA) is 36.3 Å². The predicted molar refractivity (Wildman–Crippen MR) is 62.4 cm³/mol. The van der Waals surface area contributed by atoms with Crippen molar-refractivity contribution < 1.29 is 9.47 Å². The van der Waals surface area contributed by atoms with Crippen molar-refractivity contribution in [3.8, 4) is 0 Å². The van der Waals surface area contributed by atoms with Crippen LogP contribution in [0.15, 0.2) is 30.5 Å². The van der Waals surface area contributed by atoms with Crippen LogP contribution in [-0.4, -0.2) is 36.7 Å². The molecule has 1 aromatic carbocycles. The Morgan fingerprint density at radius 3 is 2.88 bits per heavy atom. The highest BCUT2D eigenvalue weighted by Crippen LogP contribution is 2.10. The van der Waals surface area contributed by atoms with Gasteiger partial charge in [0.2, 0.25) is 0 Å². The molecular weight excluding hydrogens is 204 g/mol. The fourth-order valence-corrected chi connectivity index (χ4v) is 1.53. The van der Waals surface area contributed by atoms with Gasteiger partial charge in [-0.3, -0.25) is 4.68 Å². The fourth-order valence-electron chi connectivity index (χ4n) is 1.53. The molecule has 2 aromatic rings. The summed E-state index contributed by atoms with van der Waals surface area (Å²) in [7, 11) is 1.67. The summed E-state index contributed by atoms with van der Waals surface area (Å²) in [5.74, 6) is 0. The summed E-state index contributed by atoms with van der Waals surface area (Å²) in [6.07, 6.45) is 2.04. The van der Waals surface area contributed by atoms with Crippen molar-refractivity contribution in [1.29, 1.82) is 0 Å². The molecule has 0 bridgehead atoms. The lowest BCUT2D eigenvalue weighted by atomic mass is 10.3. The van der Waals surface area contributed by atoms with E-state index in [0.717, 1.165) is 12.1 Å². The summed E-state index contributed by atoms with van der Waals surface area (Å²) < 4.78 is 12.2. The van der Waals surface area contributed by atoms with Crippen LogP contribution >= 0.6 is 0 Å². The van der Waals surface area contributed by atoms with Gasteiger partial charge in [0.05, 0.1) is 31.9 Å². The number of benzene rings is 1. The van der Waals surface area contributed by atoms with Crippen LogP contribution in [0.1, 0.15) is 0 Å². The third kappa shape index (κ3) is 2.81. The molecule has 0 amide bonds. The molecule has 4 heteroatoms. The van der Waals surface area contributed by atoms with Gasteiger partial charge in [-0.25, -0.2) is 0 Å².